The van der Waals surface area contributed by atoms with Gasteiger partial charge < -0.3 is 15.7 Å². The number of anilines is 1. The van der Waals surface area contributed by atoms with E-state index in [0.29, 0.717) is 47.4 Å². The number of carbonyl (C=O) groups is 2. The number of amides is 2. The minimum Gasteiger partial charge on any atom is -0.390 e. The topological polar surface area (TPSA) is 159 Å². The number of H-pyrrole nitrogens is 1. The average Bonchev–Trinajstić information content (AvgIpc) is 3.44. The minimum absolute atomic E-state index is 0.00981. The maximum Gasteiger partial charge on any atom is 0.314 e. The summed E-state index contributed by atoms with van der Waals surface area (Å²) in [4.78, 5) is 34.4. The largest absolute Gasteiger partial charge is 0.390 e. The summed E-state index contributed by atoms with van der Waals surface area (Å²) in [6, 6.07) is 1.71. The fourth-order valence-electron chi connectivity index (χ4n) is 7.78. The summed E-state index contributed by atoms with van der Waals surface area (Å²) < 4.78 is 25.5. The van der Waals surface area contributed by atoms with Gasteiger partial charge in [-0.15, -0.1) is 0 Å². The number of pyridine rings is 1. The molecule has 3 aromatic rings. The number of hydrogen-bond donors (Lipinski definition) is 4. The zero-order valence-electron chi connectivity index (χ0n) is 20.3. The van der Waals surface area contributed by atoms with Crippen molar-refractivity contribution in [1.29, 1.82) is 0 Å². The van der Waals surface area contributed by atoms with Crippen LogP contribution in [0.25, 0.3) is 21.9 Å². The number of aliphatic hydroxyl groups is 1. The van der Waals surface area contributed by atoms with Crippen LogP contribution in [-0.2, 0) is 19.4 Å². The van der Waals surface area contributed by atoms with Gasteiger partial charge in [-0.05, 0) is 68.8 Å². The van der Waals surface area contributed by atoms with E-state index < -0.39 is 27.3 Å². The molecule has 5 aliphatic rings. The third kappa shape index (κ3) is 3.83. The van der Waals surface area contributed by atoms with Gasteiger partial charge in [0.1, 0.15) is 15.7 Å². The maximum absolute atomic E-state index is 12.9. The molecule has 4 saturated carbocycles. The maximum atomic E-state index is 12.9. The van der Waals surface area contributed by atoms with E-state index in [1.54, 1.807) is 12.4 Å². The summed E-state index contributed by atoms with van der Waals surface area (Å²) in [5.41, 5.74) is 0.938. The first kappa shape index (κ1) is 23.2. The molecule has 0 aromatic carbocycles. The summed E-state index contributed by atoms with van der Waals surface area (Å²) in [6.45, 7) is 0. The molecule has 11 nitrogen and oxygen atoms in total. The molecule has 37 heavy (non-hydrogen) atoms. The number of nitrogens with zero attached hydrogens (tertiary/aromatic N) is 3. The molecule has 1 saturated heterocycles. The summed E-state index contributed by atoms with van der Waals surface area (Å²) in [5, 5.41) is 21.5. The molecule has 0 spiro atoms. The number of fused-ring (bicyclic) bond motifs is 3. The third-order valence-electron chi connectivity index (χ3n) is 9.07. The van der Waals surface area contributed by atoms with Gasteiger partial charge in [0.15, 0.2) is 5.65 Å². The third-order valence-corrected chi connectivity index (χ3v) is 10.8. The number of sulfone groups is 1. The molecule has 3 unspecified atom stereocenters. The van der Waals surface area contributed by atoms with Crippen molar-refractivity contribution in [2.45, 2.75) is 62.6 Å². The Bertz CT molecular complexity index is 1510. The van der Waals surface area contributed by atoms with Crippen LogP contribution >= 0.6 is 0 Å². The Morgan fingerprint density at radius 2 is 1.78 bits per heavy atom. The zero-order valence-corrected chi connectivity index (χ0v) is 21.1. The highest BCUT2D eigenvalue weighted by molar-refractivity contribution is 7.91. The van der Waals surface area contributed by atoms with Crippen molar-refractivity contribution in [2.24, 2.45) is 17.8 Å². The Hall–Kier alpha value is -2.99. The van der Waals surface area contributed by atoms with Crippen molar-refractivity contribution in [3.8, 4) is 0 Å². The number of nitrogens with one attached hydrogen (secondary N) is 3. The van der Waals surface area contributed by atoms with Gasteiger partial charge in [0.25, 0.3) is 0 Å². The summed E-state index contributed by atoms with van der Waals surface area (Å²) in [7, 11) is -3.06. The van der Waals surface area contributed by atoms with Crippen LogP contribution in [0.4, 0.5) is 5.82 Å². The van der Waals surface area contributed by atoms with E-state index in [9.17, 15) is 23.1 Å². The number of carbonyl (C=O) groups excluding carboxylic acids is 2. The van der Waals surface area contributed by atoms with Crippen LogP contribution in [0.5, 0.6) is 0 Å². The van der Waals surface area contributed by atoms with Crippen LogP contribution in [0.3, 0.4) is 0 Å². The van der Waals surface area contributed by atoms with Crippen molar-refractivity contribution >= 4 is 49.4 Å². The summed E-state index contributed by atoms with van der Waals surface area (Å²) >= 11 is 0. The van der Waals surface area contributed by atoms with Gasteiger partial charge in [-0.2, -0.15) is 0 Å². The normalized spacial score (nSPS) is 32.7. The highest BCUT2D eigenvalue weighted by Crippen LogP contribution is 2.60. The molecule has 8 rings (SSSR count). The van der Waals surface area contributed by atoms with Gasteiger partial charge in [-0.25, -0.2) is 18.4 Å². The molecule has 196 valence electrons. The van der Waals surface area contributed by atoms with E-state index >= 15 is 0 Å². The smallest absolute Gasteiger partial charge is 0.314 e. The van der Waals surface area contributed by atoms with Crippen LogP contribution in [0, 0.1) is 17.8 Å². The molecule has 5 atom stereocenters. The first-order valence-corrected chi connectivity index (χ1v) is 14.9. The fourth-order valence-corrected chi connectivity index (χ4v) is 9.27. The Balaban J connectivity index is 1.20. The Labute approximate surface area is 213 Å². The van der Waals surface area contributed by atoms with E-state index in [4.69, 9.17) is 0 Å². The molecule has 0 radical (unpaired) electrons. The molecular weight excluding hydrogens is 496 g/mol. The molecule has 5 fully saturated rings. The lowest BCUT2D eigenvalue weighted by Gasteiger charge is -2.58. The van der Waals surface area contributed by atoms with Crippen LogP contribution in [0.15, 0.2) is 18.5 Å². The van der Waals surface area contributed by atoms with E-state index in [1.807, 2.05) is 6.07 Å². The van der Waals surface area contributed by atoms with Gasteiger partial charge in [-0.3, -0.25) is 19.4 Å². The molecule has 4 bridgehead atoms. The van der Waals surface area contributed by atoms with Gasteiger partial charge in [0, 0.05) is 23.8 Å². The van der Waals surface area contributed by atoms with Crippen molar-refractivity contribution in [2.75, 3.05) is 16.8 Å². The monoisotopic (exact) mass is 526 g/mol. The van der Waals surface area contributed by atoms with Crippen molar-refractivity contribution < 1.29 is 23.1 Å². The Morgan fingerprint density at radius 1 is 1.05 bits per heavy atom. The van der Waals surface area contributed by atoms with E-state index in [1.165, 1.54) is 0 Å². The van der Waals surface area contributed by atoms with Crippen LogP contribution in [0.2, 0.25) is 0 Å². The lowest BCUT2D eigenvalue weighted by Crippen LogP contribution is -2.55. The quantitative estimate of drug-likeness (QED) is 0.378. The van der Waals surface area contributed by atoms with Gasteiger partial charge in [0.05, 0.1) is 34.1 Å². The van der Waals surface area contributed by atoms with E-state index in [-0.39, 0.29) is 23.6 Å². The predicted molar refractivity (Wildman–Crippen MR) is 135 cm³/mol. The van der Waals surface area contributed by atoms with Crippen LogP contribution < -0.4 is 10.6 Å². The SMILES string of the molecule is O=C(Nc1[nH]n(C2[C@@H]3CC4C[C@H]2CC(O)(C4)C3)c2c1cnc1nccc12)C(=O)NC1CCS(=O)(=O)CC1. The minimum atomic E-state index is -3.06. The van der Waals surface area contributed by atoms with Gasteiger partial charge in [-0.1, -0.05) is 0 Å². The van der Waals surface area contributed by atoms with E-state index in [0.717, 1.165) is 43.0 Å². The molecule has 12 heteroatoms. The fraction of sp³-hybridized carbons (Fsp3) is 0.600. The van der Waals surface area contributed by atoms with Gasteiger partial charge in [0.2, 0.25) is 0 Å². The van der Waals surface area contributed by atoms with E-state index in [2.05, 4.69) is 30.4 Å². The van der Waals surface area contributed by atoms with Crippen LogP contribution in [0.1, 0.15) is 51.0 Å². The molecule has 1 aliphatic heterocycles. The Morgan fingerprint density at radius 3 is 2.49 bits per heavy atom. The lowest BCUT2D eigenvalue weighted by atomic mass is 9.52. The second kappa shape index (κ2) is 8.00. The Kier molecular flexibility index (Phi) is 5.01. The first-order chi connectivity index (χ1) is 17.7. The number of aromatic amines is 1. The number of rotatable bonds is 3. The first-order valence-electron chi connectivity index (χ1n) is 13.1. The van der Waals surface area contributed by atoms with Crippen molar-refractivity contribution in [1.82, 2.24) is 25.1 Å². The highest BCUT2D eigenvalue weighted by atomic mass is 32.2. The zero-order chi connectivity index (χ0) is 25.5. The molecule has 2 amide bonds. The molecule has 4 aliphatic carbocycles. The van der Waals surface area contributed by atoms with Crippen molar-refractivity contribution in [3.05, 3.63) is 18.5 Å². The van der Waals surface area contributed by atoms with Gasteiger partial charge >= 0.3 is 11.8 Å². The second-order valence-electron chi connectivity index (χ2n) is 11.6. The number of hydrogen-bond acceptors (Lipinski definition) is 7. The molecule has 4 heterocycles. The van der Waals surface area contributed by atoms with Crippen LogP contribution in [-0.4, -0.2) is 68.2 Å². The summed E-state index contributed by atoms with van der Waals surface area (Å²) in [5.74, 6) is 0.00631. The highest BCUT2D eigenvalue weighted by Gasteiger charge is 2.55. The molecular formula is C25H30N6O5S. The van der Waals surface area contributed by atoms with Crippen molar-refractivity contribution in [3.63, 3.8) is 0 Å². The summed E-state index contributed by atoms with van der Waals surface area (Å²) in [6.07, 6.45) is 8.57. The number of aromatic nitrogens is 4. The standard InChI is InChI=1S/C25H30N6O5S/c32-23(28-16-2-5-37(35,36)6-3-16)24(33)29-22-18-12-27-21-17(1-4-26-21)20(18)31(30-22)19-14-7-13-8-15(19)11-25(34,9-13)10-14/h1,4,12-16,19,30,34H,2-3,5-11H2,(H,28,32)(H,29,33)/t13?,14-,15+,19?,25?. The second-order valence-corrected chi connectivity index (χ2v) is 13.9. The molecule has 4 N–H and O–H groups in total. The average molecular weight is 527 g/mol. The predicted octanol–water partition coefficient (Wildman–Crippen LogP) is 1.66. The lowest BCUT2D eigenvalue weighted by molar-refractivity contribution is -0.148. The molecule has 3 aromatic heterocycles.